The molecule has 0 atom stereocenters. The second kappa shape index (κ2) is 6.20. The Morgan fingerprint density at radius 1 is 1.50 bits per heavy atom. The minimum Gasteiger partial charge on any atom is -0.370 e. The van der Waals surface area contributed by atoms with Gasteiger partial charge in [0, 0.05) is 26.2 Å². The van der Waals surface area contributed by atoms with Crippen LogP contribution in [-0.4, -0.2) is 30.1 Å². The number of aromatic nitrogens is 2. The maximum Gasteiger partial charge on any atom is 0.133 e. The largest absolute Gasteiger partial charge is 0.370 e. The highest BCUT2D eigenvalue weighted by Gasteiger charge is 2.17. The molecule has 0 unspecified atom stereocenters. The van der Waals surface area contributed by atoms with Crippen LogP contribution in [0.15, 0.2) is 12.4 Å². The highest BCUT2D eigenvalue weighted by atomic mass is 15.2. The van der Waals surface area contributed by atoms with Crippen LogP contribution in [0.4, 0.5) is 11.6 Å². The molecule has 2 rings (SSSR count). The van der Waals surface area contributed by atoms with E-state index in [-0.39, 0.29) is 0 Å². The number of hydrogen-bond donors (Lipinski definition) is 1. The van der Waals surface area contributed by atoms with E-state index in [0.29, 0.717) is 13.0 Å². The van der Waals surface area contributed by atoms with Crippen LogP contribution in [0, 0.1) is 17.2 Å². The Morgan fingerprint density at radius 2 is 2.33 bits per heavy atom. The van der Waals surface area contributed by atoms with Crippen LogP contribution in [0.2, 0.25) is 0 Å². The van der Waals surface area contributed by atoms with E-state index < -0.39 is 0 Å². The fourth-order valence-electron chi connectivity index (χ4n) is 1.93. The van der Waals surface area contributed by atoms with E-state index in [1.807, 2.05) is 18.0 Å². The van der Waals surface area contributed by atoms with Gasteiger partial charge in [0.25, 0.3) is 0 Å². The molecule has 1 saturated carbocycles. The number of rotatable bonds is 6. The molecule has 1 heterocycles. The van der Waals surface area contributed by atoms with Crippen LogP contribution in [0.5, 0.6) is 0 Å². The first-order valence-corrected chi connectivity index (χ1v) is 6.43. The van der Waals surface area contributed by atoms with Gasteiger partial charge in [-0.05, 0) is 18.8 Å². The maximum absolute atomic E-state index is 8.57. The third-order valence-electron chi connectivity index (χ3n) is 3.40. The molecule has 1 aliphatic rings. The Hall–Kier alpha value is -1.83. The summed E-state index contributed by atoms with van der Waals surface area (Å²) >= 11 is 0. The van der Waals surface area contributed by atoms with Crippen LogP contribution in [0.25, 0.3) is 0 Å². The summed E-state index contributed by atoms with van der Waals surface area (Å²) in [7, 11) is 1.94. The summed E-state index contributed by atoms with van der Waals surface area (Å²) in [5.74, 6) is 2.53. The minimum absolute atomic E-state index is 0.505. The zero-order valence-corrected chi connectivity index (χ0v) is 10.8. The average molecular weight is 245 g/mol. The van der Waals surface area contributed by atoms with Crippen LogP contribution >= 0.6 is 0 Å². The number of nitriles is 1. The van der Waals surface area contributed by atoms with Crippen molar-refractivity contribution in [2.75, 3.05) is 30.4 Å². The van der Waals surface area contributed by atoms with Crippen molar-refractivity contribution in [1.29, 1.82) is 5.26 Å². The van der Waals surface area contributed by atoms with E-state index in [1.165, 1.54) is 19.3 Å². The fraction of sp³-hybridized carbons (Fsp3) is 0.615. The van der Waals surface area contributed by atoms with Crippen LogP contribution in [0.3, 0.4) is 0 Å². The lowest BCUT2D eigenvalue weighted by Gasteiger charge is -2.25. The molecule has 96 valence electrons. The highest BCUT2D eigenvalue weighted by Crippen LogP contribution is 2.26. The third-order valence-corrected chi connectivity index (χ3v) is 3.40. The molecule has 0 saturated heterocycles. The Morgan fingerprint density at radius 3 is 3.00 bits per heavy atom. The van der Waals surface area contributed by atoms with Crippen molar-refractivity contribution < 1.29 is 0 Å². The summed E-state index contributed by atoms with van der Waals surface area (Å²) in [6, 6.07) is 4.08. The van der Waals surface area contributed by atoms with Crippen molar-refractivity contribution in [3.05, 3.63) is 12.4 Å². The smallest absolute Gasteiger partial charge is 0.133 e. The van der Waals surface area contributed by atoms with Crippen molar-refractivity contribution in [1.82, 2.24) is 9.97 Å². The number of nitrogens with one attached hydrogen (secondary N) is 1. The van der Waals surface area contributed by atoms with Crippen LogP contribution in [0.1, 0.15) is 25.7 Å². The number of nitrogens with zero attached hydrogens (tertiary/aromatic N) is 4. The molecule has 5 nitrogen and oxygen atoms in total. The molecule has 0 amide bonds. The van der Waals surface area contributed by atoms with E-state index in [4.69, 9.17) is 5.26 Å². The van der Waals surface area contributed by atoms with Gasteiger partial charge in [-0.3, -0.25) is 0 Å². The molecule has 0 aliphatic heterocycles. The lowest BCUT2D eigenvalue weighted by molar-refractivity contribution is 0.333. The fourth-order valence-corrected chi connectivity index (χ4v) is 1.93. The van der Waals surface area contributed by atoms with Crippen LogP contribution < -0.4 is 10.2 Å². The Bertz CT molecular complexity index is 422. The molecule has 1 N–H and O–H groups in total. The highest BCUT2D eigenvalue weighted by molar-refractivity contribution is 5.47. The predicted octanol–water partition coefficient (Wildman–Crippen LogP) is 2.04. The Balaban J connectivity index is 1.89. The van der Waals surface area contributed by atoms with E-state index >= 15 is 0 Å². The minimum atomic E-state index is 0.505. The molecular weight excluding hydrogens is 226 g/mol. The van der Waals surface area contributed by atoms with Crippen molar-refractivity contribution in [2.45, 2.75) is 25.7 Å². The second-order valence-corrected chi connectivity index (χ2v) is 4.77. The molecule has 1 aromatic heterocycles. The van der Waals surface area contributed by atoms with Gasteiger partial charge >= 0.3 is 0 Å². The molecule has 0 radical (unpaired) electrons. The zero-order valence-electron chi connectivity index (χ0n) is 10.8. The van der Waals surface area contributed by atoms with Gasteiger partial charge in [0.05, 0.1) is 12.5 Å². The van der Waals surface area contributed by atoms with Crippen molar-refractivity contribution in [3.8, 4) is 6.07 Å². The summed E-state index contributed by atoms with van der Waals surface area (Å²) in [5.41, 5.74) is 0. The topological polar surface area (TPSA) is 64.8 Å². The molecule has 0 spiro atoms. The first-order chi connectivity index (χ1) is 8.79. The third kappa shape index (κ3) is 3.33. The molecule has 1 aromatic rings. The van der Waals surface area contributed by atoms with Gasteiger partial charge in [-0.15, -0.1) is 0 Å². The summed E-state index contributed by atoms with van der Waals surface area (Å²) in [4.78, 5) is 10.4. The van der Waals surface area contributed by atoms with Gasteiger partial charge in [0.1, 0.15) is 18.0 Å². The standard InChI is InChI=1S/C13H19N5/c1-18(7-3-6-14)13-8-12(16-10-17-13)15-9-11-4-2-5-11/h8,10-11H,2-5,7,9H2,1H3,(H,15,16,17). The van der Waals surface area contributed by atoms with Gasteiger partial charge in [0.15, 0.2) is 0 Å². The van der Waals surface area contributed by atoms with Crippen molar-refractivity contribution >= 4 is 11.6 Å². The quantitative estimate of drug-likeness (QED) is 0.830. The van der Waals surface area contributed by atoms with Crippen LogP contribution in [-0.2, 0) is 0 Å². The van der Waals surface area contributed by atoms with Crippen molar-refractivity contribution in [3.63, 3.8) is 0 Å². The van der Waals surface area contributed by atoms with E-state index in [2.05, 4.69) is 21.4 Å². The summed E-state index contributed by atoms with van der Waals surface area (Å²) < 4.78 is 0. The zero-order chi connectivity index (χ0) is 12.8. The van der Waals surface area contributed by atoms with Gasteiger partial charge in [-0.1, -0.05) is 6.42 Å². The van der Waals surface area contributed by atoms with E-state index in [0.717, 1.165) is 24.1 Å². The molecule has 5 heteroatoms. The number of hydrogen-bond acceptors (Lipinski definition) is 5. The molecule has 0 aromatic carbocycles. The van der Waals surface area contributed by atoms with Gasteiger partial charge in [-0.2, -0.15) is 5.26 Å². The monoisotopic (exact) mass is 245 g/mol. The number of anilines is 2. The average Bonchev–Trinajstić information content (AvgIpc) is 2.34. The van der Waals surface area contributed by atoms with Gasteiger partial charge in [-0.25, -0.2) is 9.97 Å². The first-order valence-electron chi connectivity index (χ1n) is 6.43. The molecular formula is C13H19N5. The van der Waals surface area contributed by atoms with E-state index in [9.17, 15) is 0 Å². The lowest BCUT2D eigenvalue weighted by Crippen LogP contribution is -2.22. The SMILES string of the molecule is CN(CCC#N)c1cc(NCC2CCC2)ncn1. The Kier molecular flexibility index (Phi) is 4.35. The van der Waals surface area contributed by atoms with Gasteiger partial charge < -0.3 is 10.2 Å². The molecule has 1 fully saturated rings. The molecule has 18 heavy (non-hydrogen) atoms. The van der Waals surface area contributed by atoms with Gasteiger partial charge in [0.2, 0.25) is 0 Å². The Labute approximate surface area is 108 Å². The molecule has 0 bridgehead atoms. The summed E-state index contributed by atoms with van der Waals surface area (Å²) in [5, 5.41) is 11.9. The first kappa shape index (κ1) is 12.6. The summed E-state index contributed by atoms with van der Waals surface area (Å²) in [6.07, 6.45) is 6.09. The predicted molar refractivity (Wildman–Crippen MR) is 71.4 cm³/mol. The van der Waals surface area contributed by atoms with Crippen molar-refractivity contribution in [2.24, 2.45) is 5.92 Å². The summed E-state index contributed by atoms with van der Waals surface area (Å²) in [6.45, 7) is 1.69. The second-order valence-electron chi connectivity index (χ2n) is 4.77. The normalized spacial score (nSPS) is 14.7. The lowest BCUT2D eigenvalue weighted by atomic mass is 9.85. The maximum atomic E-state index is 8.57. The molecule has 1 aliphatic carbocycles. The van der Waals surface area contributed by atoms with E-state index in [1.54, 1.807) is 6.33 Å².